The van der Waals surface area contributed by atoms with Crippen molar-refractivity contribution in [1.82, 2.24) is 10.4 Å². The normalized spacial score (nSPS) is 19.8. The Balaban J connectivity index is 1.72. The Labute approximate surface area is 106 Å². The zero-order valence-electron chi connectivity index (χ0n) is 10.2. The Hall–Kier alpha value is -1.59. The summed E-state index contributed by atoms with van der Waals surface area (Å²) in [4.78, 5) is 17.7. The van der Waals surface area contributed by atoms with E-state index in [4.69, 9.17) is 9.94 Å². The molecule has 2 rings (SSSR count). The molecule has 0 saturated carbocycles. The SMILES string of the molecule is O=C(O)N1CCC[C@H](NOCc2ccccc2)C1. The Bertz CT molecular complexity index is 383. The molecular formula is C13H18N2O3. The van der Waals surface area contributed by atoms with E-state index in [0.717, 1.165) is 18.4 Å². The molecule has 1 aromatic carbocycles. The summed E-state index contributed by atoms with van der Waals surface area (Å²) in [7, 11) is 0. The topological polar surface area (TPSA) is 61.8 Å². The molecule has 0 aliphatic carbocycles. The number of rotatable bonds is 4. The quantitative estimate of drug-likeness (QED) is 0.801. The van der Waals surface area contributed by atoms with Crippen molar-refractivity contribution < 1.29 is 14.7 Å². The van der Waals surface area contributed by atoms with E-state index in [1.807, 2.05) is 30.3 Å². The molecule has 0 unspecified atom stereocenters. The molecule has 2 N–H and O–H groups in total. The average Bonchev–Trinajstić information content (AvgIpc) is 2.40. The highest BCUT2D eigenvalue weighted by Gasteiger charge is 2.22. The van der Waals surface area contributed by atoms with Gasteiger partial charge in [0.05, 0.1) is 12.6 Å². The Morgan fingerprint density at radius 1 is 1.44 bits per heavy atom. The van der Waals surface area contributed by atoms with Gasteiger partial charge in [-0.2, -0.15) is 5.48 Å². The number of hydroxylamine groups is 1. The summed E-state index contributed by atoms with van der Waals surface area (Å²) >= 11 is 0. The number of hydrogen-bond donors (Lipinski definition) is 2. The lowest BCUT2D eigenvalue weighted by Crippen LogP contribution is -2.47. The molecule has 1 aromatic rings. The Morgan fingerprint density at radius 3 is 2.94 bits per heavy atom. The van der Waals surface area contributed by atoms with E-state index >= 15 is 0 Å². The van der Waals surface area contributed by atoms with E-state index in [-0.39, 0.29) is 6.04 Å². The molecule has 0 radical (unpaired) electrons. The standard InChI is InChI=1S/C13H18N2O3/c16-13(17)15-8-4-7-12(9-15)14-18-10-11-5-2-1-3-6-11/h1-3,5-6,12,14H,4,7-10H2,(H,16,17)/t12-/m0/s1. The largest absolute Gasteiger partial charge is 0.465 e. The van der Waals surface area contributed by atoms with Crippen molar-refractivity contribution in [2.24, 2.45) is 0 Å². The maximum absolute atomic E-state index is 10.9. The van der Waals surface area contributed by atoms with Crippen molar-refractivity contribution in [3.05, 3.63) is 35.9 Å². The maximum Gasteiger partial charge on any atom is 0.407 e. The number of carbonyl (C=O) groups is 1. The van der Waals surface area contributed by atoms with Crippen LogP contribution < -0.4 is 5.48 Å². The minimum Gasteiger partial charge on any atom is -0.465 e. The Kier molecular flexibility index (Phi) is 4.55. The van der Waals surface area contributed by atoms with Crippen molar-refractivity contribution in [1.29, 1.82) is 0 Å². The number of amides is 1. The van der Waals surface area contributed by atoms with Crippen LogP contribution >= 0.6 is 0 Å². The summed E-state index contributed by atoms with van der Waals surface area (Å²) in [5.74, 6) is 0. The molecule has 98 valence electrons. The first-order valence-electron chi connectivity index (χ1n) is 6.15. The molecule has 1 heterocycles. The highest BCUT2D eigenvalue weighted by atomic mass is 16.6. The van der Waals surface area contributed by atoms with Gasteiger partial charge in [-0.15, -0.1) is 0 Å². The molecule has 18 heavy (non-hydrogen) atoms. The van der Waals surface area contributed by atoms with Crippen molar-refractivity contribution in [3.8, 4) is 0 Å². The van der Waals surface area contributed by atoms with Gasteiger partial charge in [-0.25, -0.2) is 4.79 Å². The lowest BCUT2D eigenvalue weighted by molar-refractivity contribution is -0.0130. The third-order valence-corrected chi connectivity index (χ3v) is 3.02. The van der Waals surface area contributed by atoms with E-state index in [0.29, 0.717) is 19.7 Å². The van der Waals surface area contributed by atoms with Gasteiger partial charge in [0.15, 0.2) is 0 Å². The van der Waals surface area contributed by atoms with Gasteiger partial charge < -0.3 is 10.0 Å². The molecule has 0 spiro atoms. The first kappa shape index (κ1) is 12.9. The molecule has 1 fully saturated rings. The lowest BCUT2D eigenvalue weighted by atomic mass is 10.1. The maximum atomic E-state index is 10.9. The number of hydrogen-bond acceptors (Lipinski definition) is 3. The predicted octanol–water partition coefficient (Wildman–Crippen LogP) is 1.85. The summed E-state index contributed by atoms with van der Waals surface area (Å²) in [6, 6.07) is 9.95. The van der Waals surface area contributed by atoms with Crippen LogP contribution in [0.15, 0.2) is 30.3 Å². The van der Waals surface area contributed by atoms with Gasteiger partial charge >= 0.3 is 6.09 Å². The number of nitrogens with zero attached hydrogens (tertiary/aromatic N) is 1. The highest BCUT2D eigenvalue weighted by molar-refractivity contribution is 5.65. The summed E-state index contributed by atoms with van der Waals surface area (Å²) in [6.45, 7) is 1.60. The molecule has 1 aliphatic heterocycles. The second-order valence-electron chi connectivity index (χ2n) is 4.46. The fourth-order valence-electron chi connectivity index (χ4n) is 2.06. The van der Waals surface area contributed by atoms with Gasteiger partial charge in [-0.3, -0.25) is 4.84 Å². The third kappa shape index (κ3) is 3.72. The van der Waals surface area contributed by atoms with E-state index in [2.05, 4.69) is 5.48 Å². The second kappa shape index (κ2) is 6.37. The van der Waals surface area contributed by atoms with Crippen LogP contribution in [0.5, 0.6) is 0 Å². The third-order valence-electron chi connectivity index (χ3n) is 3.02. The number of piperidine rings is 1. The summed E-state index contributed by atoms with van der Waals surface area (Å²) < 4.78 is 0. The van der Waals surface area contributed by atoms with Crippen molar-refractivity contribution in [2.45, 2.75) is 25.5 Å². The molecule has 1 aliphatic rings. The van der Waals surface area contributed by atoms with Crippen LogP contribution in [0.2, 0.25) is 0 Å². The van der Waals surface area contributed by atoms with Crippen LogP contribution in [-0.4, -0.2) is 35.2 Å². The first-order valence-corrected chi connectivity index (χ1v) is 6.15. The van der Waals surface area contributed by atoms with Crippen LogP contribution in [-0.2, 0) is 11.4 Å². The predicted molar refractivity (Wildman–Crippen MR) is 67.0 cm³/mol. The fraction of sp³-hybridized carbons (Fsp3) is 0.462. The number of likely N-dealkylation sites (tertiary alicyclic amines) is 1. The Morgan fingerprint density at radius 2 is 2.22 bits per heavy atom. The summed E-state index contributed by atoms with van der Waals surface area (Å²) in [5.41, 5.74) is 4.04. The monoisotopic (exact) mass is 250 g/mol. The van der Waals surface area contributed by atoms with Crippen LogP contribution in [0.1, 0.15) is 18.4 Å². The average molecular weight is 250 g/mol. The second-order valence-corrected chi connectivity index (χ2v) is 4.46. The van der Waals surface area contributed by atoms with Gasteiger partial charge in [-0.1, -0.05) is 30.3 Å². The smallest absolute Gasteiger partial charge is 0.407 e. The number of carboxylic acid groups (broad SMARTS) is 1. The molecular weight excluding hydrogens is 232 g/mol. The molecule has 1 amide bonds. The van der Waals surface area contributed by atoms with Gasteiger partial charge in [-0.05, 0) is 18.4 Å². The minimum atomic E-state index is -0.857. The van der Waals surface area contributed by atoms with Crippen LogP contribution in [0.3, 0.4) is 0 Å². The van der Waals surface area contributed by atoms with Crippen LogP contribution in [0.25, 0.3) is 0 Å². The number of benzene rings is 1. The van der Waals surface area contributed by atoms with Crippen molar-refractivity contribution in [2.75, 3.05) is 13.1 Å². The van der Waals surface area contributed by atoms with E-state index in [9.17, 15) is 4.79 Å². The highest BCUT2D eigenvalue weighted by Crippen LogP contribution is 2.10. The molecule has 0 aromatic heterocycles. The van der Waals surface area contributed by atoms with Crippen molar-refractivity contribution >= 4 is 6.09 Å². The van der Waals surface area contributed by atoms with E-state index in [1.54, 1.807) is 0 Å². The molecule has 1 atom stereocenters. The molecule has 5 heteroatoms. The molecule has 0 bridgehead atoms. The van der Waals surface area contributed by atoms with E-state index in [1.165, 1.54) is 4.90 Å². The van der Waals surface area contributed by atoms with Gasteiger partial charge in [0.1, 0.15) is 0 Å². The van der Waals surface area contributed by atoms with Crippen LogP contribution in [0, 0.1) is 0 Å². The summed E-state index contributed by atoms with van der Waals surface area (Å²) in [6.07, 6.45) is 0.960. The lowest BCUT2D eigenvalue weighted by Gasteiger charge is -2.30. The summed E-state index contributed by atoms with van der Waals surface area (Å²) in [5, 5.41) is 8.92. The van der Waals surface area contributed by atoms with Gasteiger partial charge in [0.25, 0.3) is 0 Å². The van der Waals surface area contributed by atoms with E-state index < -0.39 is 6.09 Å². The van der Waals surface area contributed by atoms with Gasteiger partial charge in [0.2, 0.25) is 0 Å². The van der Waals surface area contributed by atoms with Gasteiger partial charge in [0, 0.05) is 13.1 Å². The molecule has 1 saturated heterocycles. The number of nitrogens with one attached hydrogen (secondary N) is 1. The zero-order chi connectivity index (χ0) is 12.8. The zero-order valence-corrected chi connectivity index (χ0v) is 10.2. The first-order chi connectivity index (χ1) is 8.75. The minimum absolute atomic E-state index is 0.0820. The molecule has 5 nitrogen and oxygen atoms in total. The fourth-order valence-corrected chi connectivity index (χ4v) is 2.06. The van der Waals surface area contributed by atoms with Crippen LogP contribution in [0.4, 0.5) is 4.79 Å². The van der Waals surface area contributed by atoms with Crippen molar-refractivity contribution in [3.63, 3.8) is 0 Å².